The van der Waals surface area contributed by atoms with Crippen LogP contribution in [0.3, 0.4) is 0 Å². The van der Waals surface area contributed by atoms with Gasteiger partial charge in [0.25, 0.3) is 5.91 Å². The molecule has 0 aliphatic heterocycles. The van der Waals surface area contributed by atoms with Crippen molar-refractivity contribution in [2.45, 2.75) is 13.8 Å². The number of rotatable bonds is 6. The average Bonchev–Trinajstić information content (AvgIpc) is 3.10. The molecule has 0 aliphatic carbocycles. The number of primary amides is 1. The van der Waals surface area contributed by atoms with E-state index in [9.17, 15) is 14.4 Å². The zero-order valence-electron chi connectivity index (χ0n) is 16.0. The summed E-state index contributed by atoms with van der Waals surface area (Å²) in [5, 5.41) is 6.96. The summed E-state index contributed by atoms with van der Waals surface area (Å²) in [6, 6.07) is 13.1. The fourth-order valence-corrected chi connectivity index (χ4v) is 2.79. The lowest BCUT2D eigenvalue weighted by atomic mass is 10.1. The van der Waals surface area contributed by atoms with Crippen molar-refractivity contribution in [1.82, 2.24) is 9.78 Å². The SMILES string of the molecule is CCOC(=O)c1cnn(-c2ccc(C(=O)Nc3cccc(C(N)=O)c3)cc2)c1C. The molecule has 3 aromatic rings. The predicted molar refractivity (Wildman–Crippen MR) is 107 cm³/mol. The fraction of sp³-hybridized carbons (Fsp3) is 0.143. The molecule has 2 amide bonds. The van der Waals surface area contributed by atoms with Crippen LogP contribution in [-0.2, 0) is 4.74 Å². The maximum atomic E-state index is 12.5. The minimum absolute atomic E-state index is 0.287. The standard InChI is InChI=1S/C21H20N4O4/c1-3-29-21(28)18-12-23-25(13(18)2)17-9-7-14(8-10-17)20(27)24-16-6-4-5-15(11-16)19(22)26/h4-12H,3H2,1-2H3,(H2,22,26)(H,24,27). The topological polar surface area (TPSA) is 116 Å². The van der Waals surface area contributed by atoms with E-state index in [2.05, 4.69) is 10.4 Å². The molecule has 2 aromatic carbocycles. The van der Waals surface area contributed by atoms with Gasteiger partial charge >= 0.3 is 5.97 Å². The van der Waals surface area contributed by atoms with Gasteiger partial charge in [0, 0.05) is 16.8 Å². The van der Waals surface area contributed by atoms with E-state index < -0.39 is 11.9 Å². The maximum Gasteiger partial charge on any atom is 0.341 e. The van der Waals surface area contributed by atoms with Crippen molar-refractivity contribution in [2.75, 3.05) is 11.9 Å². The van der Waals surface area contributed by atoms with E-state index in [4.69, 9.17) is 10.5 Å². The number of carbonyl (C=O) groups is 3. The van der Waals surface area contributed by atoms with Crippen molar-refractivity contribution in [3.05, 3.63) is 77.1 Å². The molecule has 29 heavy (non-hydrogen) atoms. The summed E-state index contributed by atoms with van der Waals surface area (Å²) in [5.41, 5.74) is 8.19. The van der Waals surface area contributed by atoms with Gasteiger partial charge in [0.15, 0.2) is 0 Å². The first-order chi connectivity index (χ1) is 13.9. The number of amides is 2. The van der Waals surface area contributed by atoms with Crippen LogP contribution in [0.4, 0.5) is 5.69 Å². The molecular weight excluding hydrogens is 372 g/mol. The monoisotopic (exact) mass is 392 g/mol. The summed E-state index contributed by atoms with van der Waals surface area (Å²) in [6.07, 6.45) is 1.46. The number of benzene rings is 2. The van der Waals surface area contributed by atoms with Crippen LogP contribution in [0.1, 0.15) is 43.7 Å². The minimum atomic E-state index is -0.567. The summed E-state index contributed by atoms with van der Waals surface area (Å²) in [4.78, 5) is 35.7. The van der Waals surface area contributed by atoms with Gasteiger partial charge in [-0.15, -0.1) is 0 Å². The number of nitrogens with one attached hydrogen (secondary N) is 1. The number of carbonyl (C=O) groups excluding carboxylic acids is 3. The molecular formula is C21H20N4O4. The van der Waals surface area contributed by atoms with Crippen molar-refractivity contribution >= 4 is 23.5 Å². The molecule has 0 saturated carbocycles. The Morgan fingerprint density at radius 3 is 2.48 bits per heavy atom. The fourth-order valence-electron chi connectivity index (χ4n) is 2.79. The zero-order valence-corrected chi connectivity index (χ0v) is 16.0. The van der Waals surface area contributed by atoms with Crippen LogP contribution in [0, 0.1) is 6.92 Å². The van der Waals surface area contributed by atoms with Crippen LogP contribution < -0.4 is 11.1 Å². The molecule has 1 heterocycles. The molecule has 0 saturated heterocycles. The largest absolute Gasteiger partial charge is 0.462 e. The summed E-state index contributed by atoms with van der Waals surface area (Å²) >= 11 is 0. The van der Waals surface area contributed by atoms with Gasteiger partial charge in [0.1, 0.15) is 5.56 Å². The number of nitrogens with two attached hydrogens (primary N) is 1. The van der Waals surface area contributed by atoms with E-state index >= 15 is 0 Å². The summed E-state index contributed by atoms with van der Waals surface area (Å²) < 4.78 is 6.62. The molecule has 8 nitrogen and oxygen atoms in total. The molecule has 1 aromatic heterocycles. The van der Waals surface area contributed by atoms with Crippen molar-refractivity contribution < 1.29 is 19.1 Å². The lowest BCUT2D eigenvalue weighted by molar-refractivity contribution is 0.0525. The second-order valence-corrected chi connectivity index (χ2v) is 6.22. The number of hydrogen-bond donors (Lipinski definition) is 2. The molecule has 0 radical (unpaired) electrons. The van der Waals surface area contributed by atoms with E-state index in [1.807, 2.05) is 0 Å². The number of aromatic nitrogens is 2. The number of hydrogen-bond acceptors (Lipinski definition) is 5. The molecule has 8 heteroatoms. The minimum Gasteiger partial charge on any atom is -0.462 e. The van der Waals surface area contributed by atoms with E-state index in [1.165, 1.54) is 12.3 Å². The maximum absolute atomic E-state index is 12.5. The summed E-state index contributed by atoms with van der Waals surface area (Å²) in [6.45, 7) is 3.80. The van der Waals surface area contributed by atoms with Gasteiger partial charge in [-0.2, -0.15) is 5.10 Å². The number of esters is 1. The predicted octanol–water partition coefficient (Wildman–Crippen LogP) is 2.71. The first kappa shape index (κ1) is 19.8. The second-order valence-electron chi connectivity index (χ2n) is 6.22. The van der Waals surface area contributed by atoms with E-state index in [1.54, 1.807) is 61.0 Å². The van der Waals surface area contributed by atoms with E-state index in [-0.39, 0.29) is 12.5 Å². The Bertz CT molecular complexity index is 1070. The summed E-state index contributed by atoms with van der Waals surface area (Å²) in [5.74, 6) is -1.32. The molecule has 148 valence electrons. The normalized spacial score (nSPS) is 10.4. The molecule has 0 spiro atoms. The molecule has 0 fully saturated rings. The van der Waals surface area contributed by atoms with Gasteiger partial charge in [0.05, 0.1) is 24.2 Å². The van der Waals surface area contributed by atoms with Gasteiger partial charge in [-0.1, -0.05) is 6.07 Å². The first-order valence-corrected chi connectivity index (χ1v) is 8.94. The van der Waals surface area contributed by atoms with Crippen LogP contribution in [0.15, 0.2) is 54.7 Å². The smallest absolute Gasteiger partial charge is 0.341 e. The zero-order chi connectivity index (χ0) is 21.0. The van der Waals surface area contributed by atoms with Gasteiger partial charge < -0.3 is 15.8 Å². The highest BCUT2D eigenvalue weighted by molar-refractivity contribution is 6.05. The highest BCUT2D eigenvalue weighted by Gasteiger charge is 2.16. The highest BCUT2D eigenvalue weighted by Crippen LogP contribution is 2.17. The summed E-state index contributed by atoms with van der Waals surface area (Å²) in [7, 11) is 0. The third-order valence-corrected chi connectivity index (χ3v) is 4.28. The van der Waals surface area contributed by atoms with E-state index in [0.29, 0.717) is 33.8 Å². The molecule has 3 rings (SSSR count). The Morgan fingerprint density at radius 2 is 1.83 bits per heavy atom. The number of nitrogens with zero attached hydrogens (tertiary/aromatic N) is 2. The quantitative estimate of drug-likeness (QED) is 0.626. The average molecular weight is 392 g/mol. The van der Waals surface area contributed by atoms with E-state index in [0.717, 1.165) is 0 Å². The lowest BCUT2D eigenvalue weighted by Gasteiger charge is -2.08. The van der Waals surface area contributed by atoms with Gasteiger partial charge in [-0.25, -0.2) is 9.48 Å². The van der Waals surface area contributed by atoms with Gasteiger partial charge in [-0.05, 0) is 56.3 Å². The van der Waals surface area contributed by atoms with Crippen LogP contribution in [-0.4, -0.2) is 34.2 Å². The van der Waals surface area contributed by atoms with Crippen LogP contribution >= 0.6 is 0 Å². The highest BCUT2D eigenvalue weighted by atomic mass is 16.5. The Hall–Kier alpha value is -3.94. The molecule has 3 N–H and O–H groups in total. The molecule has 0 aliphatic rings. The Kier molecular flexibility index (Phi) is 5.73. The second kappa shape index (κ2) is 8.39. The van der Waals surface area contributed by atoms with Crippen LogP contribution in [0.5, 0.6) is 0 Å². The lowest BCUT2D eigenvalue weighted by Crippen LogP contribution is -2.14. The Labute approximate surface area is 167 Å². The van der Waals surface area contributed by atoms with Crippen molar-refractivity contribution in [3.63, 3.8) is 0 Å². The van der Waals surface area contributed by atoms with Gasteiger partial charge in [-0.3, -0.25) is 9.59 Å². The first-order valence-electron chi connectivity index (χ1n) is 8.94. The molecule has 0 atom stereocenters. The molecule has 0 bridgehead atoms. The van der Waals surface area contributed by atoms with Crippen molar-refractivity contribution in [1.29, 1.82) is 0 Å². The van der Waals surface area contributed by atoms with Crippen molar-refractivity contribution in [3.8, 4) is 5.69 Å². The third kappa shape index (κ3) is 4.32. The number of anilines is 1. The van der Waals surface area contributed by atoms with Crippen molar-refractivity contribution in [2.24, 2.45) is 5.73 Å². The Morgan fingerprint density at radius 1 is 1.10 bits per heavy atom. The number of ether oxygens (including phenoxy) is 1. The molecule has 0 unspecified atom stereocenters. The van der Waals surface area contributed by atoms with Gasteiger partial charge in [0.2, 0.25) is 5.91 Å². The van der Waals surface area contributed by atoms with Crippen LogP contribution in [0.2, 0.25) is 0 Å². The Balaban J connectivity index is 1.77. The third-order valence-electron chi connectivity index (χ3n) is 4.28. The van der Waals surface area contributed by atoms with Crippen LogP contribution in [0.25, 0.3) is 5.69 Å².